The number of rotatable bonds is 8. The first kappa shape index (κ1) is 20.1. The molecule has 0 saturated carbocycles. The van der Waals surface area contributed by atoms with Crippen molar-refractivity contribution in [3.05, 3.63) is 42.5 Å². The zero-order valence-corrected chi connectivity index (χ0v) is 15.9. The normalized spacial score (nSPS) is 10.1. The molecule has 0 unspecified atom stereocenters. The molecule has 2 amide bonds. The van der Waals surface area contributed by atoms with Crippen LogP contribution in [-0.2, 0) is 9.59 Å². The standard InChI is InChI=1S/C20H24N2O5/c1-14(23)22(16-8-6-5-7-9-16)11-10-19(24)21-15-12-17(25-2)20(27-4)18(13-15)26-3/h5-9,12-13H,10-11H2,1-4H3,(H,21,24). The van der Waals surface area contributed by atoms with Gasteiger partial charge in [-0.15, -0.1) is 0 Å². The Morgan fingerprint density at radius 3 is 2.04 bits per heavy atom. The second-order valence-corrected chi connectivity index (χ2v) is 5.72. The highest BCUT2D eigenvalue weighted by Gasteiger charge is 2.16. The second kappa shape index (κ2) is 9.47. The van der Waals surface area contributed by atoms with Crippen LogP contribution in [-0.4, -0.2) is 39.7 Å². The molecule has 0 saturated heterocycles. The fraction of sp³-hybridized carbons (Fsp3) is 0.300. The molecule has 7 nitrogen and oxygen atoms in total. The third-order valence-electron chi connectivity index (χ3n) is 3.96. The highest BCUT2D eigenvalue weighted by Crippen LogP contribution is 2.39. The van der Waals surface area contributed by atoms with E-state index in [9.17, 15) is 9.59 Å². The number of hydrogen-bond acceptors (Lipinski definition) is 5. The number of carbonyl (C=O) groups excluding carboxylic acids is 2. The van der Waals surface area contributed by atoms with Crippen molar-refractivity contribution in [3.63, 3.8) is 0 Å². The van der Waals surface area contributed by atoms with Crippen LogP contribution in [0.25, 0.3) is 0 Å². The molecule has 0 aromatic heterocycles. The van der Waals surface area contributed by atoms with Crippen LogP contribution in [0.2, 0.25) is 0 Å². The number of carbonyl (C=O) groups is 2. The lowest BCUT2D eigenvalue weighted by atomic mass is 10.2. The minimum atomic E-state index is -0.230. The molecule has 0 radical (unpaired) electrons. The zero-order chi connectivity index (χ0) is 19.8. The van der Waals surface area contributed by atoms with Gasteiger partial charge in [0.25, 0.3) is 0 Å². The highest BCUT2D eigenvalue weighted by molar-refractivity contribution is 5.95. The number of methoxy groups -OCH3 is 3. The summed E-state index contributed by atoms with van der Waals surface area (Å²) in [5, 5.41) is 2.80. The van der Waals surface area contributed by atoms with Gasteiger partial charge < -0.3 is 24.4 Å². The summed E-state index contributed by atoms with van der Waals surface area (Å²) in [6.45, 7) is 1.75. The molecule has 2 rings (SSSR count). The number of amides is 2. The predicted molar refractivity (Wildman–Crippen MR) is 104 cm³/mol. The van der Waals surface area contributed by atoms with Gasteiger partial charge in [0.15, 0.2) is 11.5 Å². The van der Waals surface area contributed by atoms with Crippen LogP contribution in [0.5, 0.6) is 17.2 Å². The van der Waals surface area contributed by atoms with E-state index >= 15 is 0 Å². The van der Waals surface area contributed by atoms with Crippen molar-refractivity contribution < 1.29 is 23.8 Å². The molecule has 0 aliphatic heterocycles. The van der Waals surface area contributed by atoms with Crippen LogP contribution in [0.4, 0.5) is 11.4 Å². The van der Waals surface area contributed by atoms with Crippen LogP contribution in [0, 0.1) is 0 Å². The van der Waals surface area contributed by atoms with E-state index in [1.807, 2.05) is 30.3 Å². The molecule has 2 aromatic carbocycles. The van der Waals surface area contributed by atoms with Gasteiger partial charge in [-0.05, 0) is 12.1 Å². The fourth-order valence-corrected chi connectivity index (χ4v) is 2.67. The van der Waals surface area contributed by atoms with Crippen LogP contribution in [0.15, 0.2) is 42.5 Å². The molecule has 27 heavy (non-hydrogen) atoms. The van der Waals surface area contributed by atoms with E-state index in [2.05, 4.69) is 5.32 Å². The van der Waals surface area contributed by atoms with E-state index in [0.717, 1.165) is 5.69 Å². The van der Waals surface area contributed by atoms with Crippen LogP contribution < -0.4 is 24.4 Å². The monoisotopic (exact) mass is 372 g/mol. The SMILES string of the molecule is COc1cc(NC(=O)CCN(C(C)=O)c2ccccc2)cc(OC)c1OC. The quantitative estimate of drug-likeness (QED) is 0.770. The van der Waals surface area contributed by atoms with E-state index in [1.165, 1.54) is 28.3 Å². The largest absolute Gasteiger partial charge is 0.493 e. The summed E-state index contributed by atoms with van der Waals surface area (Å²) < 4.78 is 15.8. The molecule has 0 aliphatic carbocycles. The number of hydrogen-bond donors (Lipinski definition) is 1. The molecule has 0 heterocycles. The van der Waals surface area contributed by atoms with Gasteiger partial charge in [0.05, 0.1) is 21.3 Å². The molecule has 144 valence electrons. The van der Waals surface area contributed by atoms with Gasteiger partial charge >= 0.3 is 0 Å². The van der Waals surface area contributed by atoms with Crippen LogP contribution in [0.1, 0.15) is 13.3 Å². The molecule has 0 aliphatic rings. The van der Waals surface area contributed by atoms with Crippen molar-refractivity contribution in [1.29, 1.82) is 0 Å². The van der Waals surface area contributed by atoms with Crippen molar-refractivity contribution in [2.75, 3.05) is 38.1 Å². The van der Waals surface area contributed by atoms with Crippen molar-refractivity contribution >= 4 is 23.2 Å². The number of nitrogens with one attached hydrogen (secondary N) is 1. The molecule has 0 fully saturated rings. The van der Waals surface area contributed by atoms with Gasteiger partial charge in [-0.25, -0.2) is 0 Å². The first-order valence-electron chi connectivity index (χ1n) is 8.43. The van der Waals surface area contributed by atoms with E-state index in [1.54, 1.807) is 17.0 Å². The molecule has 1 N–H and O–H groups in total. The summed E-state index contributed by atoms with van der Waals surface area (Å²) in [5.74, 6) is 0.988. The van der Waals surface area contributed by atoms with Crippen molar-refractivity contribution in [1.82, 2.24) is 0 Å². The zero-order valence-electron chi connectivity index (χ0n) is 15.9. The van der Waals surface area contributed by atoms with Crippen LogP contribution in [0.3, 0.4) is 0 Å². The smallest absolute Gasteiger partial charge is 0.226 e. The third-order valence-corrected chi connectivity index (χ3v) is 3.96. The van der Waals surface area contributed by atoms with Gasteiger partial charge in [-0.3, -0.25) is 9.59 Å². The van der Waals surface area contributed by atoms with Crippen molar-refractivity contribution in [3.8, 4) is 17.2 Å². The molecule has 7 heteroatoms. The maximum atomic E-state index is 12.4. The highest BCUT2D eigenvalue weighted by atomic mass is 16.5. The average molecular weight is 372 g/mol. The van der Waals surface area contributed by atoms with E-state index in [4.69, 9.17) is 14.2 Å². The topological polar surface area (TPSA) is 77.1 Å². The Kier molecular flexibility index (Phi) is 7.05. The third kappa shape index (κ3) is 5.13. The Balaban J connectivity index is 2.08. The molecule has 0 spiro atoms. The fourth-order valence-electron chi connectivity index (χ4n) is 2.67. The summed E-state index contributed by atoms with van der Waals surface area (Å²) in [7, 11) is 4.53. The number of anilines is 2. The lowest BCUT2D eigenvalue weighted by Crippen LogP contribution is -2.31. The lowest BCUT2D eigenvalue weighted by Gasteiger charge is -2.21. The molecular formula is C20H24N2O5. The molecule has 0 bridgehead atoms. The summed E-state index contributed by atoms with van der Waals surface area (Å²) in [4.78, 5) is 25.8. The minimum Gasteiger partial charge on any atom is -0.493 e. The van der Waals surface area contributed by atoms with Gasteiger partial charge in [0.2, 0.25) is 17.6 Å². The van der Waals surface area contributed by atoms with Gasteiger partial charge in [0, 0.05) is 43.4 Å². The molecular weight excluding hydrogens is 348 g/mol. The minimum absolute atomic E-state index is 0.123. The first-order valence-corrected chi connectivity index (χ1v) is 8.43. The Morgan fingerprint density at radius 2 is 1.56 bits per heavy atom. The summed E-state index contributed by atoms with van der Waals surface area (Å²) in [6, 6.07) is 12.5. The van der Waals surface area contributed by atoms with Crippen molar-refractivity contribution in [2.45, 2.75) is 13.3 Å². The predicted octanol–water partition coefficient (Wildman–Crippen LogP) is 3.09. The summed E-state index contributed by atoms with van der Waals surface area (Å²) in [5.41, 5.74) is 1.27. The van der Waals surface area contributed by atoms with Gasteiger partial charge in [-0.2, -0.15) is 0 Å². The Morgan fingerprint density at radius 1 is 0.963 bits per heavy atom. The number of ether oxygens (including phenoxy) is 3. The maximum absolute atomic E-state index is 12.4. The summed E-state index contributed by atoms with van der Waals surface area (Å²) in [6.07, 6.45) is 0.144. The number of benzene rings is 2. The van der Waals surface area contributed by atoms with Crippen LogP contribution >= 0.6 is 0 Å². The Hall–Kier alpha value is -3.22. The van der Waals surface area contributed by atoms with Crippen molar-refractivity contribution in [2.24, 2.45) is 0 Å². The maximum Gasteiger partial charge on any atom is 0.226 e. The second-order valence-electron chi connectivity index (χ2n) is 5.72. The Bertz CT molecular complexity index is 767. The first-order chi connectivity index (χ1) is 13.0. The van der Waals surface area contributed by atoms with E-state index < -0.39 is 0 Å². The molecule has 0 atom stereocenters. The number of para-hydroxylation sites is 1. The van der Waals surface area contributed by atoms with E-state index in [0.29, 0.717) is 22.9 Å². The van der Waals surface area contributed by atoms with Gasteiger partial charge in [0.1, 0.15) is 0 Å². The Labute approximate surface area is 158 Å². The molecule has 2 aromatic rings. The average Bonchev–Trinajstić information content (AvgIpc) is 2.67. The number of nitrogens with zero attached hydrogens (tertiary/aromatic N) is 1. The van der Waals surface area contributed by atoms with Gasteiger partial charge in [-0.1, -0.05) is 18.2 Å². The van der Waals surface area contributed by atoms with E-state index in [-0.39, 0.29) is 24.8 Å². The lowest BCUT2D eigenvalue weighted by molar-refractivity contribution is -0.117. The summed E-state index contributed by atoms with van der Waals surface area (Å²) >= 11 is 0.